The summed E-state index contributed by atoms with van der Waals surface area (Å²) in [6.45, 7) is 1.54. The van der Waals surface area contributed by atoms with Crippen molar-refractivity contribution < 1.29 is 31.4 Å². The Morgan fingerprint density at radius 2 is 1.75 bits per heavy atom. The molecular weight excluding hydrogens is 554 g/mol. The van der Waals surface area contributed by atoms with Crippen molar-refractivity contribution in [2.75, 3.05) is 39.9 Å². The van der Waals surface area contributed by atoms with Gasteiger partial charge in [-0.2, -0.15) is 4.31 Å². The lowest BCUT2D eigenvalue weighted by molar-refractivity contribution is -0.0312. The van der Waals surface area contributed by atoms with Gasteiger partial charge in [0.2, 0.25) is 20.0 Å². The molecule has 216 valence electrons. The zero-order valence-corrected chi connectivity index (χ0v) is 24.0. The first kappa shape index (κ1) is 28.9. The van der Waals surface area contributed by atoms with Crippen LogP contribution in [-0.4, -0.2) is 83.9 Å². The number of nitrogens with one attached hydrogen (secondary N) is 2. The standard InChI is InChI=1S/C28H35N3O7S2/c1-29-39(33,34)26-8-4-7-25(16-26)37-20-24(32)18-30-23-17-28(38-19-23)11-13-31(14-12-28)40(35,36)27-10-9-21-5-2-3-6-22(21)15-27/h2-10,15-16,23-24,29-30,32H,11-14,17-20H2,1H3/t23-,24+/m1/s1. The highest BCUT2D eigenvalue weighted by Gasteiger charge is 2.44. The molecule has 3 aromatic rings. The van der Waals surface area contributed by atoms with E-state index in [-0.39, 0.29) is 29.7 Å². The second-order valence-electron chi connectivity index (χ2n) is 10.4. The normalized spacial score (nSPS) is 20.6. The second kappa shape index (κ2) is 11.7. The van der Waals surface area contributed by atoms with Gasteiger partial charge in [-0.05, 0) is 61.3 Å². The smallest absolute Gasteiger partial charge is 0.243 e. The van der Waals surface area contributed by atoms with E-state index in [1.807, 2.05) is 30.3 Å². The Morgan fingerprint density at radius 3 is 2.50 bits per heavy atom. The Kier molecular flexibility index (Phi) is 8.48. The number of benzene rings is 3. The third-order valence-electron chi connectivity index (χ3n) is 7.67. The first-order chi connectivity index (χ1) is 19.1. The van der Waals surface area contributed by atoms with Gasteiger partial charge in [-0.3, -0.25) is 0 Å². The maximum atomic E-state index is 13.3. The van der Waals surface area contributed by atoms with E-state index >= 15 is 0 Å². The fourth-order valence-electron chi connectivity index (χ4n) is 5.34. The number of rotatable bonds is 10. The van der Waals surface area contributed by atoms with Gasteiger partial charge in [0.25, 0.3) is 0 Å². The third-order valence-corrected chi connectivity index (χ3v) is 11.0. The molecule has 0 unspecified atom stereocenters. The van der Waals surface area contributed by atoms with Gasteiger partial charge in [-0.1, -0.05) is 36.4 Å². The van der Waals surface area contributed by atoms with Crippen molar-refractivity contribution in [1.29, 1.82) is 0 Å². The van der Waals surface area contributed by atoms with Gasteiger partial charge in [-0.15, -0.1) is 0 Å². The van der Waals surface area contributed by atoms with Crippen molar-refractivity contribution in [3.8, 4) is 5.75 Å². The summed E-state index contributed by atoms with van der Waals surface area (Å²) >= 11 is 0. The average molecular weight is 590 g/mol. The van der Waals surface area contributed by atoms with E-state index in [4.69, 9.17) is 9.47 Å². The van der Waals surface area contributed by atoms with Crippen LogP contribution in [0.2, 0.25) is 0 Å². The van der Waals surface area contributed by atoms with E-state index in [1.165, 1.54) is 19.2 Å². The molecule has 2 saturated heterocycles. The molecule has 0 amide bonds. The summed E-state index contributed by atoms with van der Waals surface area (Å²) in [5.74, 6) is 0.351. The van der Waals surface area contributed by atoms with Crippen molar-refractivity contribution in [1.82, 2.24) is 14.3 Å². The van der Waals surface area contributed by atoms with Gasteiger partial charge in [0.15, 0.2) is 0 Å². The predicted octanol–water partition coefficient (Wildman–Crippen LogP) is 2.09. The monoisotopic (exact) mass is 589 g/mol. The van der Waals surface area contributed by atoms with Crippen LogP contribution in [0.5, 0.6) is 5.75 Å². The Hall–Kier alpha value is -2.58. The highest BCUT2D eigenvalue weighted by Crippen LogP contribution is 2.37. The number of hydrogen-bond donors (Lipinski definition) is 3. The van der Waals surface area contributed by atoms with Crippen molar-refractivity contribution in [3.05, 3.63) is 66.7 Å². The van der Waals surface area contributed by atoms with Crippen molar-refractivity contribution in [3.63, 3.8) is 0 Å². The molecule has 0 aliphatic carbocycles. The lowest BCUT2D eigenvalue weighted by Crippen LogP contribution is -2.47. The number of nitrogens with zero attached hydrogens (tertiary/aromatic N) is 1. The Morgan fingerprint density at radius 1 is 1.00 bits per heavy atom. The topological polar surface area (TPSA) is 134 Å². The van der Waals surface area contributed by atoms with Crippen LogP contribution in [0.3, 0.4) is 0 Å². The second-order valence-corrected chi connectivity index (χ2v) is 14.2. The number of piperidine rings is 1. The number of sulfonamides is 2. The minimum absolute atomic E-state index is 0.00360. The molecule has 0 saturated carbocycles. The zero-order chi connectivity index (χ0) is 28.4. The maximum absolute atomic E-state index is 13.3. The Bertz CT molecular complexity index is 1550. The summed E-state index contributed by atoms with van der Waals surface area (Å²) in [6.07, 6.45) is 1.13. The van der Waals surface area contributed by atoms with Crippen LogP contribution < -0.4 is 14.8 Å². The molecule has 2 heterocycles. The van der Waals surface area contributed by atoms with Crippen molar-refractivity contribution >= 4 is 30.8 Å². The van der Waals surface area contributed by atoms with Crippen LogP contribution in [0.4, 0.5) is 0 Å². The zero-order valence-electron chi connectivity index (χ0n) is 22.3. The van der Waals surface area contributed by atoms with E-state index in [0.717, 1.165) is 17.2 Å². The highest BCUT2D eigenvalue weighted by atomic mass is 32.2. The molecular formula is C28H35N3O7S2. The van der Waals surface area contributed by atoms with Crippen LogP contribution in [-0.2, 0) is 24.8 Å². The Labute approximate surface area is 235 Å². The number of aliphatic hydroxyl groups excluding tert-OH is 1. The summed E-state index contributed by atoms with van der Waals surface area (Å²) in [7, 11) is -5.84. The fraction of sp³-hybridized carbons (Fsp3) is 0.429. The first-order valence-corrected chi connectivity index (χ1v) is 16.2. The molecule has 3 aromatic carbocycles. The first-order valence-electron chi connectivity index (χ1n) is 13.3. The minimum atomic E-state index is -3.60. The molecule has 10 nitrogen and oxygen atoms in total. The van der Waals surface area contributed by atoms with Crippen molar-refractivity contribution in [2.24, 2.45) is 0 Å². The summed E-state index contributed by atoms with van der Waals surface area (Å²) < 4.78 is 66.2. The molecule has 5 rings (SSSR count). The van der Waals surface area contributed by atoms with E-state index in [9.17, 15) is 21.9 Å². The van der Waals surface area contributed by atoms with Gasteiger partial charge in [0.1, 0.15) is 18.5 Å². The average Bonchev–Trinajstić information content (AvgIpc) is 3.37. The third kappa shape index (κ3) is 6.33. The number of fused-ring (bicyclic) bond motifs is 1. The van der Waals surface area contributed by atoms with Gasteiger partial charge < -0.3 is 19.9 Å². The quantitative estimate of drug-likeness (QED) is 0.327. The molecule has 0 bridgehead atoms. The number of ether oxygens (including phenoxy) is 2. The van der Waals surface area contributed by atoms with Gasteiger partial charge >= 0.3 is 0 Å². The van der Waals surface area contributed by atoms with Crippen LogP contribution >= 0.6 is 0 Å². The van der Waals surface area contributed by atoms with Gasteiger partial charge in [-0.25, -0.2) is 21.6 Å². The number of hydrogen-bond acceptors (Lipinski definition) is 8. The van der Waals surface area contributed by atoms with Crippen LogP contribution in [0.25, 0.3) is 10.8 Å². The molecule has 2 fully saturated rings. The summed E-state index contributed by atoms with van der Waals surface area (Å²) in [4.78, 5) is 0.394. The lowest BCUT2D eigenvalue weighted by atomic mass is 9.88. The van der Waals surface area contributed by atoms with Crippen LogP contribution in [0.1, 0.15) is 19.3 Å². The summed E-state index contributed by atoms with van der Waals surface area (Å²) in [5, 5.41) is 15.6. The molecule has 2 aliphatic rings. The van der Waals surface area contributed by atoms with Crippen molar-refractivity contribution in [2.45, 2.75) is 46.8 Å². The molecule has 2 atom stereocenters. The highest BCUT2D eigenvalue weighted by molar-refractivity contribution is 7.89. The summed E-state index contributed by atoms with van der Waals surface area (Å²) in [6, 6.07) is 19.1. The largest absolute Gasteiger partial charge is 0.491 e. The van der Waals surface area contributed by atoms with Crippen LogP contribution in [0, 0.1) is 0 Å². The maximum Gasteiger partial charge on any atom is 0.243 e. The molecule has 0 radical (unpaired) electrons. The van der Waals surface area contributed by atoms with Gasteiger partial charge in [0, 0.05) is 31.7 Å². The van der Waals surface area contributed by atoms with E-state index in [0.29, 0.717) is 43.2 Å². The predicted molar refractivity (Wildman–Crippen MR) is 151 cm³/mol. The molecule has 1 spiro atoms. The number of aliphatic hydroxyl groups is 1. The lowest BCUT2D eigenvalue weighted by Gasteiger charge is -2.38. The van der Waals surface area contributed by atoms with Gasteiger partial charge in [0.05, 0.1) is 22.0 Å². The SMILES string of the molecule is CNS(=O)(=O)c1cccc(OC[C@@H](O)CN[C@H]2COC3(CCN(S(=O)(=O)c4ccc5ccccc5c4)CC3)C2)c1. The Balaban J connectivity index is 1.09. The molecule has 0 aromatic heterocycles. The molecule has 12 heteroatoms. The fourth-order valence-corrected chi connectivity index (χ4v) is 7.58. The minimum Gasteiger partial charge on any atom is -0.491 e. The molecule has 40 heavy (non-hydrogen) atoms. The van der Waals surface area contributed by atoms with Crippen LogP contribution in [0.15, 0.2) is 76.5 Å². The van der Waals surface area contributed by atoms with E-state index < -0.39 is 26.2 Å². The summed E-state index contributed by atoms with van der Waals surface area (Å²) in [5.41, 5.74) is -0.381. The van der Waals surface area contributed by atoms with E-state index in [1.54, 1.807) is 28.6 Å². The molecule has 2 aliphatic heterocycles. The van der Waals surface area contributed by atoms with E-state index in [2.05, 4.69) is 10.0 Å². The molecule has 3 N–H and O–H groups in total.